The van der Waals surface area contributed by atoms with Crippen LogP contribution in [0, 0.1) is 0 Å². The Kier molecular flexibility index (Phi) is 82.7. The van der Waals surface area contributed by atoms with Gasteiger partial charge in [0.2, 0.25) is 23.6 Å². The number of allylic oxidation sites excluding steroid dienone is 4. The molecule has 16 heteroatoms. The van der Waals surface area contributed by atoms with Gasteiger partial charge in [-0.2, -0.15) is 0 Å². The lowest BCUT2D eigenvalue weighted by Gasteiger charge is -2.18. The van der Waals surface area contributed by atoms with Gasteiger partial charge in [-0.05, 0) is 168 Å². The number of carbonyl (C=O) groups excluding carboxylic acids is 4. The Morgan fingerprint density at radius 2 is 0.750 bits per heavy atom. The highest BCUT2D eigenvalue weighted by Crippen LogP contribution is 2.13. The number of nitrogens with two attached hydrogens (primary N) is 2. The Labute approximate surface area is 493 Å². The van der Waals surface area contributed by atoms with E-state index in [9.17, 15) is 19.2 Å². The molecule has 456 valence electrons. The molecule has 2 unspecified atom stereocenters. The predicted molar refractivity (Wildman–Crippen MR) is 339 cm³/mol. The number of nitrogens with one attached hydrogen (secondary N) is 6. The maximum absolute atomic E-state index is 12.8. The van der Waals surface area contributed by atoms with Gasteiger partial charge in [0.25, 0.3) is 0 Å². The fourth-order valence-electron chi connectivity index (χ4n) is 8.53. The summed E-state index contributed by atoms with van der Waals surface area (Å²) in [5.74, 6) is 0.126. The average molecular weight is 1160 g/mol. The van der Waals surface area contributed by atoms with Crippen molar-refractivity contribution in [3.8, 4) is 0 Å². The van der Waals surface area contributed by atoms with Crippen LogP contribution in [-0.2, 0) is 19.2 Å². The van der Waals surface area contributed by atoms with Crippen LogP contribution in [0.5, 0.6) is 0 Å². The topological polar surface area (TPSA) is 192 Å². The molecule has 0 aliphatic rings. The molecule has 2 atom stereocenters. The normalized spacial score (nSPS) is 11.6. The van der Waals surface area contributed by atoms with Crippen molar-refractivity contribution in [2.75, 3.05) is 52.4 Å². The van der Waals surface area contributed by atoms with Crippen molar-refractivity contribution in [1.82, 2.24) is 31.9 Å². The van der Waals surface area contributed by atoms with Crippen molar-refractivity contribution in [2.24, 2.45) is 11.5 Å². The van der Waals surface area contributed by atoms with Gasteiger partial charge < -0.3 is 43.4 Å². The highest BCUT2D eigenvalue weighted by Gasteiger charge is 2.20. The summed E-state index contributed by atoms with van der Waals surface area (Å²) in [5.41, 5.74) is 11.1. The summed E-state index contributed by atoms with van der Waals surface area (Å²) in [4.78, 5) is 48.1. The summed E-state index contributed by atoms with van der Waals surface area (Å²) in [6.07, 6.45) is 52.9. The smallest absolute Gasteiger partial charge is 0.242 e. The van der Waals surface area contributed by atoms with Crippen molar-refractivity contribution in [3.05, 3.63) is 24.3 Å². The second kappa shape index (κ2) is 73.4. The van der Waals surface area contributed by atoms with E-state index in [1.807, 2.05) is 0 Å². The molecule has 0 aliphatic carbocycles. The van der Waals surface area contributed by atoms with Crippen LogP contribution in [0.2, 0.25) is 0 Å². The first kappa shape index (κ1) is 85.6. The van der Waals surface area contributed by atoms with Gasteiger partial charge in [-0.3, -0.25) is 19.2 Å². The minimum absolute atomic E-state index is 0. The molecule has 0 rings (SSSR count). The molecule has 0 aromatic rings. The van der Waals surface area contributed by atoms with Gasteiger partial charge in [0.1, 0.15) is 6.04 Å². The third kappa shape index (κ3) is 72.4. The van der Waals surface area contributed by atoms with Crippen LogP contribution in [0.15, 0.2) is 24.3 Å². The number of rotatable bonds is 54. The summed E-state index contributed by atoms with van der Waals surface area (Å²) in [6, 6.07) is -0.196. The second-order valence-corrected chi connectivity index (χ2v) is 20.5. The van der Waals surface area contributed by atoms with E-state index in [4.69, 9.17) is 11.5 Å². The van der Waals surface area contributed by atoms with E-state index in [2.05, 4.69) is 77.0 Å². The molecule has 0 saturated carbocycles. The molecule has 0 heterocycles. The molecule has 0 aliphatic heterocycles. The molecule has 0 spiro atoms. The zero-order valence-electron chi connectivity index (χ0n) is 49.4. The third-order valence-corrected chi connectivity index (χ3v) is 13.1. The van der Waals surface area contributed by atoms with Gasteiger partial charge in [-0.15, -0.1) is 49.6 Å². The molecule has 76 heavy (non-hydrogen) atoms. The lowest BCUT2D eigenvalue weighted by molar-refractivity contribution is -0.129. The summed E-state index contributed by atoms with van der Waals surface area (Å²) >= 11 is 0. The molecule has 0 saturated heterocycles. The first-order chi connectivity index (χ1) is 35.2. The first-order valence-corrected chi connectivity index (χ1v) is 30.4. The molecule has 0 aromatic heterocycles. The Morgan fingerprint density at radius 1 is 0.395 bits per heavy atom. The van der Waals surface area contributed by atoms with Crippen molar-refractivity contribution >= 4 is 73.3 Å². The number of amides is 4. The molecule has 12 nitrogen and oxygen atoms in total. The first-order valence-electron chi connectivity index (χ1n) is 30.4. The van der Waals surface area contributed by atoms with E-state index in [0.717, 1.165) is 129 Å². The standard InChI is InChI=1S/C36H72N6O3.C24H48N2O.4ClH/c1-3-4-5-6-7-8-9-10-11-12-13-14-15-16-17-25-35(44)42-34(24-18-19-26-37)36(45)41-32-23-30-39-28-21-20-27-38-29-22-31-40-33(2)43;1-3-4-5-6-7-8-9-10-11-12-13-14-15-16-17-21-24(27)26-23(2)20-18-19-22-25;;;;/h10-11,34,38-39H,3-9,12-32,37H2,1-2H3,(H,40,43)(H,41,45)(H,42,44);10-11,23H,3-9,12-22,25H2,1-2H3,(H,26,27);4*1H/b2*11-10-;;;;. The number of hydrogen-bond donors (Lipinski definition) is 8. The summed E-state index contributed by atoms with van der Waals surface area (Å²) < 4.78 is 0. The highest BCUT2D eigenvalue weighted by molar-refractivity contribution is 5.87. The van der Waals surface area contributed by atoms with Gasteiger partial charge in [0.05, 0.1) is 0 Å². The van der Waals surface area contributed by atoms with Crippen LogP contribution in [0.1, 0.15) is 272 Å². The van der Waals surface area contributed by atoms with Crippen molar-refractivity contribution in [1.29, 1.82) is 0 Å². The molecular formula is C60H124Cl4N8O4. The Morgan fingerprint density at radius 3 is 1.16 bits per heavy atom. The lowest BCUT2D eigenvalue weighted by Crippen LogP contribution is -2.47. The highest BCUT2D eigenvalue weighted by atomic mass is 35.5. The third-order valence-electron chi connectivity index (χ3n) is 13.1. The predicted octanol–water partition coefficient (Wildman–Crippen LogP) is 14.0. The maximum Gasteiger partial charge on any atom is 0.242 e. The van der Waals surface area contributed by atoms with Gasteiger partial charge in [-0.25, -0.2) is 0 Å². The van der Waals surface area contributed by atoms with Gasteiger partial charge in [0, 0.05) is 38.9 Å². The van der Waals surface area contributed by atoms with Gasteiger partial charge >= 0.3 is 0 Å². The second-order valence-electron chi connectivity index (χ2n) is 20.5. The molecule has 4 amide bonds. The molecule has 0 aromatic carbocycles. The SMILES string of the molecule is CCCCCCCC/C=C\CCCCCCCC(=O)NC(C)CCCCN.CCCCCCCC/C=C\CCCCCCCC(=O)NC(CCCCN)C(=O)NCCCNCCCCNCCCNC(C)=O.Cl.Cl.Cl.Cl. The quantitative estimate of drug-likeness (QED) is 0.0218. The molecule has 0 bridgehead atoms. The zero-order chi connectivity index (χ0) is 53.1. The Balaban J connectivity index is -0.000000341. The summed E-state index contributed by atoms with van der Waals surface area (Å²) in [7, 11) is 0. The molecular weight excluding hydrogens is 1040 g/mol. The Bertz CT molecular complexity index is 1260. The molecule has 10 N–H and O–H groups in total. The zero-order valence-corrected chi connectivity index (χ0v) is 52.7. The van der Waals surface area contributed by atoms with E-state index >= 15 is 0 Å². The van der Waals surface area contributed by atoms with Crippen LogP contribution in [0.3, 0.4) is 0 Å². The fraction of sp³-hybridized carbons (Fsp3) is 0.867. The maximum atomic E-state index is 12.8. The van der Waals surface area contributed by atoms with Crippen molar-refractivity contribution in [2.45, 2.75) is 284 Å². The summed E-state index contributed by atoms with van der Waals surface area (Å²) in [5, 5.41) is 18.7. The van der Waals surface area contributed by atoms with E-state index in [1.54, 1.807) is 0 Å². The largest absolute Gasteiger partial charge is 0.356 e. The average Bonchev–Trinajstić information content (AvgIpc) is 3.36. The van der Waals surface area contributed by atoms with Crippen LogP contribution >= 0.6 is 49.6 Å². The van der Waals surface area contributed by atoms with Crippen LogP contribution < -0.4 is 43.4 Å². The van der Waals surface area contributed by atoms with E-state index < -0.39 is 6.04 Å². The lowest BCUT2D eigenvalue weighted by atomic mass is 10.1. The number of halogens is 4. The van der Waals surface area contributed by atoms with Crippen LogP contribution in [0.25, 0.3) is 0 Å². The molecule has 0 radical (unpaired) electrons. The minimum Gasteiger partial charge on any atom is -0.356 e. The van der Waals surface area contributed by atoms with Crippen LogP contribution in [0.4, 0.5) is 0 Å². The van der Waals surface area contributed by atoms with E-state index in [0.29, 0.717) is 32.4 Å². The number of unbranched alkanes of at least 4 members (excludes halogenated alkanes) is 25. The minimum atomic E-state index is -0.481. The van der Waals surface area contributed by atoms with Crippen molar-refractivity contribution in [3.63, 3.8) is 0 Å². The van der Waals surface area contributed by atoms with E-state index in [-0.39, 0.29) is 79.3 Å². The van der Waals surface area contributed by atoms with E-state index in [1.165, 1.54) is 142 Å². The number of carbonyl (C=O) groups is 4. The van der Waals surface area contributed by atoms with Crippen molar-refractivity contribution < 1.29 is 19.2 Å². The fourth-order valence-corrected chi connectivity index (χ4v) is 8.53. The van der Waals surface area contributed by atoms with Gasteiger partial charge in [0.15, 0.2) is 0 Å². The van der Waals surface area contributed by atoms with Crippen LogP contribution in [-0.4, -0.2) is 88.1 Å². The number of hydrogen-bond acceptors (Lipinski definition) is 8. The summed E-state index contributed by atoms with van der Waals surface area (Å²) in [6.45, 7) is 14.5. The Hall–Kier alpha value is -1.64. The van der Waals surface area contributed by atoms with Gasteiger partial charge in [-0.1, -0.05) is 147 Å². The monoisotopic (exact) mass is 1160 g/mol. The molecule has 0 fully saturated rings.